The van der Waals surface area contributed by atoms with E-state index >= 15 is 0 Å². The molecule has 1 aromatic rings. The molecule has 0 aliphatic heterocycles. The molecule has 0 amide bonds. The SMILES string of the molecule is COC(=O)c1ccccc1S(=O)(=O)NC1CCCCC1CN.Cl. The molecule has 0 saturated heterocycles. The standard InChI is InChI=1S/C15H22N2O4S.ClH/c1-21-15(18)12-7-3-5-9-14(12)22(19,20)17-13-8-4-2-6-11(13)10-16;/h3,5,7,9,11,13,17H,2,4,6,8,10,16H2,1H3;1H. The van der Waals surface area contributed by atoms with E-state index in [-0.39, 0.29) is 34.8 Å². The van der Waals surface area contributed by atoms with Gasteiger partial charge in [-0.3, -0.25) is 0 Å². The van der Waals surface area contributed by atoms with Gasteiger partial charge in [0.1, 0.15) is 0 Å². The summed E-state index contributed by atoms with van der Waals surface area (Å²) >= 11 is 0. The summed E-state index contributed by atoms with van der Waals surface area (Å²) in [5, 5.41) is 0. The molecule has 3 N–H and O–H groups in total. The number of nitrogens with one attached hydrogen (secondary N) is 1. The van der Waals surface area contributed by atoms with E-state index in [9.17, 15) is 13.2 Å². The number of carbonyl (C=O) groups is 1. The van der Waals surface area contributed by atoms with E-state index in [1.807, 2.05) is 0 Å². The molecule has 0 aromatic heterocycles. The molecule has 2 rings (SSSR count). The second kappa shape index (κ2) is 8.63. The largest absolute Gasteiger partial charge is 0.465 e. The van der Waals surface area contributed by atoms with E-state index in [4.69, 9.17) is 5.73 Å². The van der Waals surface area contributed by atoms with Crippen molar-refractivity contribution in [1.29, 1.82) is 0 Å². The zero-order chi connectivity index (χ0) is 16.2. The fourth-order valence-electron chi connectivity index (χ4n) is 2.89. The Balaban J connectivity index is 0.00000264. The molecule has 1 aliphatic carbocycles. The van der Waals surface area contributed by atoms with Gasteiger partial charge in [0.2, 0.25) is 10.0 Å². The molecule has 23 heavy (non-hydrogen) atoms. The topological polar surface area (TPSA) is 98.5 Å². The number of esters is 1. The molecule has 1 aliphatic rings. The van der Waals surface area contributed by atoms with Crippen molar-refractivity contribution in [1.82, 2.24) is 4.72 Å². The first-order chi connectivity index (χ1) is 10.5. The van der Waals surface area contributed by atoms with Crippen LogP contribution in [0.3, 0.4) is 0 Å². The van der Waals surface area contributed by atoms with Crippen molar-refractivity contribution in [3.8, 4) is 0 Å². The van der Waals surface area contributed by atoms with E-state index < -0.39 is 16.0 Å². The Kier molecular flexibility index (Phi) is 7.47. The molecular weight excluding hydrogens is 340 g/mol. The Morgan fingerprint density at radius 2 is 1.96 bits per heavy atom. The highest BCUT2D eigenvalue weighted by Crippen LogP contribution is 2.26. The summed E-state index contributed by atoms with van der Waals surface area (Å²) in [6, 6.07) is 5.86. The average molecular weight is 363 g/mol. The van der Waals surface area contributed by atoms with Gasteiger partial charge >= 0.3 is 5.97 Å². The fraction of sp³-hybridized carbons (Fsp3) is 0.533. The van der Waals surface area contributed by atoms with Crippen molar-refractivity contribution in [2.75, 3.05) is 13.7 Å². The van der Waals surface area contributed by atoms with Gasteiger partial charge in [-0.05, 0) is 37.4 Å². The van der Waals surface area contributed by atoms with Crippen molar-refractivity contribution in [2.45, 2.75) is 36.6 Å². The van der Waals surface area contributed by atoms with Gasteiger partial charge in [0, 0.05) is 6.04 Å². The Labute approximate surface area is 143 Å². The van der Waals surface area contributed by atoms with Crippen molar-refractivity contribution < 1.29 is 17.9 Å². The zero-order valence-corrected chi connectivity index (χ0v) is 14.7. The average Bonchev–Trinajstić information content (AvgIpc) is 2.54. The zero-order valence-electron chi connectivity index (χ0n) is 13.0. The van der Waals surface area contributed by atoms with Gasteiger partial charge in [0.05, 0.1) is 17.6 Å². The Bertz CT molecular complexity index is 636. The first-order valence-electron chi connectivity index (χ1n) is 7.39. The Morgan fingerprint density at radius 1 is 1.30 bits per heavy atom. The van der Waals surface area contributed by atoms with Crippen LogP contribution in [0.25, 0.3) is 0 Å². The molecule has 0 spiro atoms. The van der Waals surface area contributed by atoms with Crippen molar-refractivity contribution >= 4 is 28.4 Å². The minimum atomic E-state index is -3.80. The first kappa shape index (κ1) is 19.9. The quantitative estimate of drug-likeness (QED) is 0.776. The lowest BCUT2D eigenvalue weighted by molar-refractivity contribution is 0.0596. The second-order valence-corrected chi connectivity index (χ2v) is 7.18. The third-order valence-electron chi connectivity index (χ3n) is 4.10. The van der Waals surface area contributed by atoms with Crippen LogP contribution >= 0.6 is 12.4 Å². The maximum atomic E-state index is 12.6. The van der Waals surface area contributed by atoms with Gasteiger partial charge in [0.15, 0.2) is 0 Å². The number of ether oxygens (including phenoxy) is 1. The summed E-state index contributed by atoms with van der Waals surface area (Å²) in [4.78, 5) is 11.7. The van der Waals surface area contributed by atoms with Crippen LogP contribution in [0.5, 0.6) is 0 Å². The second-order valence-electron chi connectivity index (χ2n) is 5.50. The number of methoxy groups -OCH3 is 1. The number of hydrogen-bond donors (Lipinski definition) is 2. The van der Waals surface area contributed by atoms with Gasteiger partial charge < -0.3 is 10.5 Å². The van der Waals surface area contributed by atoms with E-state index in [0.717, 1.165) is 25.7 Å². The monoisotopic (exact) mass is 362 g/mol. The normalized spacial score (nSPS) is 21.3. The minimum Gasteiger partial charge on any atom is -0.465 e. The molecule has 2 unspecified atom stereocenters. The Morgan fingerprint density at radius 3 is 2.61 bits per heavy atom. The molecular formula is C15H23ClN2O4S. The van der Waals surface area contributed by atoms with Gasteiger partial charge in [-0.15, -0.1) is 12.4 Å². The Hall–Kier alpha value is -1.15. The van der Waals surface area contributed by atoms with Gasteiger partial charge in [0.25, 0.3) is 0 Å². The predicted octanol–water partition coefficient (Wildman–Crippen LogP) is 1.69. The van der Waals surface area contributed by atoms with E-state index in [1.54, 1.807) is 12.1 Å². The van der Waals surface area contributed by atoms with Crippen LogP contribution in [0.1, 0.15) is 36.0 Å². The third kappa shape index (κ3) is 4.67. The molecule has 2 atom stereocenters. The van der Waals surface area contributed by atoms with Crippen LogP contribution in [-0.4, -0.2) is 34.1 Å². The summed E-state index contributed by atoms with van der Waals surface area (Å²) in [6.07, 6.45) is 3.73. The van der Waals surface area contributed by atoms with Crippen LogP contribution in [0.4, 0.5) is 0 Å². The highest BCUT2D eigenvalue weighted by atomic mass is 35.5. The molecule has 1 aromatic carbocycles. The molecule has 1 saturated carbocycles. The van der Waals surface area contributed by atoms with Gasteiger partial charge in [-0.2, -0.15) is 0 Å². The molecule has 130 valence electrons. The van der Waals surface area contributed by atoms with Crippen LogP contribution in [0.15, 0.2) is 29.2 Å². The third-order valence-corrected chi connectivity index (χ3v) is 5.65. The molecule has 8 heteroatoms. The number of nitrogens with two attached hydrogens (primary N) is 1. The summed E-state index contributed by atoms with van der Waals surface area (Å²) in [5.41, 5.74) is 5.78. The minimum absolute atomic E-state index is 0. The van der Waals surface area contributed by atoms with Crippen molar-refractivity contribution in [2.24, 2.45) is 11.7 Å². The summed E-state index contributed by atoms with van der Waals surface area (Å²) in [6.45, 7) is 0.450. The fourth-order valence-corrected chi connectivity index (χ4v) is 4.42. The molecule has 0 bridgehead atoms. The summed E-state index contributed by atoms with van der Waals surface area (Å²) in [5.74, 6) is -0.534. The first-order valence-corrected chi connectivity index (χ1v) is 8.87. The van der Waals surface area contributed by atoms with E-state index in [0.29, 0.717) is 6.54 Å². The van der Waals surface area contributed by atoms with Crippen molar-refractivity contribution in [3.05, 3.63) is 29.8 Å². The molecule has 1 fully saturated rings. The maximum Gasteiger partial charge on any atom is 0.339 e. The number of hydrogen-bond acceptors (Lipinski definition) is 5. The summed E-state index contributed by atoms with van der Waals surface area (Å²) < 4.78 is 32.7. The van der Waals surface area contributed by atoms with Gasteiger partial charge in [-0.25, -0.2) is 17.9 Å². The number of benzene rings is 1. The van der Waals surface area contributed by atoms with Crippen molar-refractivity contribution in [3.63, 3.8) is 0 Å². The van der Waals surface area contributed by atoms with Crippen LogP contribution in [-0.2, 0) is 14.8 Å². The lowest BCUT2D eigenvalue weighted by Crippen LogP contribution is -2.44. The molecule has 6 nitrogen and oxygen atoms in total. The number of halogens is 1. The van der Waals surface area contributed by atoms with Gasteiger partial charge in [-0.1, -0.05) is 25.0 Å². The van der Waals surface area contributed by atoms with E-state index in [1.165, 1.54) is 19.2 Å². The predicted molar refractivity (Wildman–Crippen MR) is 90.2 cm³/mol. The lowest BCUT2D eigenvalue weighted by atomic mass is 9.85. The lowest BCUT2D eigenvalue weighted by Gasteiger charge is -2.31. The smallest absolute Gasteiger partial charge is 0.339 e. The number of sulfonamides is 1. The van der Waals surface area contributed by atoms with E-state index in [2.05, 4.69) is 9.46 Å². The number of carbonyl (C=O) groups excluding carboxylic acids is 1. The number of rotatable bonds is 5. The summed E-state index contributed by atoms with van der Waals surface area (Å²) in [7, 11) is -2.57. The van der Waals surface area contributed by atoms with Crippen LogP contribution < -0.4 is 10.5 Å². The molecule has 0 radical (unpaired) electrons. The maximum absolute atomic E-state index is 12.6. The van der Waals surface area contributed by atoms with Crippen LogP contribution in [0.2, 0.25) is 0 Å². The molecule has 0 heterocycles. The van der Waals surface area contributed by atoms with Crippen LogP contribution in [0, 0.1) is 5.92 Å². The highest BCUT2D eigenvalue weighted by Gasteiger charge is 2.30. The highest BCUT2D eigenvalue weighted by molar-refractivity contribution is 7.89.